The van der Waals surface area contributed by atoms with Crippen molar-refractivity contribution in [2.75, 3.05) is 33.5 Å². The van der Waals surface area contributed by atoms with Crippen LogP contribution in [0.3, 0.4) is 0 Å². The average Bonchev–Trinajstić information content (AvgIpc) is 3.70. The summed E-state index contributed by atoms with van der Waals surface area (Å²) in [5, 5.41) is 13.6. The van der Waals surface area contributed by atoms with E-state index in [1.165, 1.54) is 12.0 Å². The van der Waals surface area contributed by atoms with Gasteiger partial charge in [0.05, 0.1) is 41.9 Å². The molecule has 1 aliphatic rings. The first-order valence-corrected chi connectivity index (χ1v) is 17.8. The number of rotatable bonds is 16. The molecule has 4 rings (SSSR count). The number of carbonyl (C=O) groups is 4. The van der Waals surface area contributed by atoms with E-state index in [4.69, 9.17) is 9.47 Å². The minimum Gasteiger partial charge on any atom is -0.491 e. The Labute approximate surface area is 298 Å². The van der Waals surface area contributed by atoms with Crippen LogP contribution >= 0.6 is 11.3 Å². The summed E-state index contributed by atoms with van der Waals surface area (Å²) in [5.74, 6) is -1.25. The molecule has 1 saturated heterocycles. The quantitative estimate of drug-likeness (QED) is 0.154. The van der Waals surface area contributed by atoms with Gasteiger partial charge in [-0.05, 0) is 54.5 Å². The van der Waals surface area contributed by atoms with E-state index in [1.807, 2.05) is 88.7 Å². The molecule has 50 heavy (non-hydrogen) atoms. The van der Waals surface area contributed by atoms with Crippen molar-refractivity contribution in [1.82, 2.24) is 15.2 Å². The molecule has 270 valence electrons. The van der Waals surface area contributed by atoms with Crippen LogP contribution in [0.2, 0.25) is 0 Å². The molecule has 2 aromatic carbocycles. The number of esters is 1. The van der Waals surface area contributed by atoms with E-state index in [0.29, 0.717) is 18.6 Å². The number of carbonyl (C=O) groups excluding carboxylic acids is 4. The molecule has 2 amide bonds. The number of aliphatic hydroxyl groups excluding tert-OH is 1. The second-order valence-corrected chi connectivity index (χ2v) is 14.7. The number of hydrogen-bond donors (Lipinski definition) is 2. The lowest BCUT2D eigenvalue weighted by molar-refractivity contribution is -0.147. The van der Waals surface area contributed by atoms with Gasteiger partial charge in [0.2, 0.25) is 11.8 Å². The van der Waals surface area contributed by atoms with Crippen molar-refractivity contribution in [3.05, 3.63) is 70.9 Å². The number of likely N-dealkylation sites (tertiary alicyclic amines) is 1. The summed E-state index contributed by atoms with van der Waals surface area (Å²) in [6, 6.07) is 14.1. The van der Waals surface area contributed by atoms with Gasteiger partial charge in [0.1, 0.15) is 25.0 Å². The first-order valence-electron chi connectivity index (χ1n) is 16.9. The number of ether oxygens (including phenoxy) is 3. The number of nitrogens with zero attached hydrogens (tertiary/aromatic N) is 2. The van der Waals surface area contributed by atoms with Crippen molar-refractivity contribution in [1.29, 1.82) is 0 Å². The maximum atomic E-state index is 14.0. The third-order valence-corrected chi connectivity index (χ3v) is 9.92. The van der Waals surface area contributed by atoms with E-state index in [2.05, 4.69) is 15.0 Å². The fourth-order valence-electron chi connectivity index (χ4n) is 5.96. The normalized spacial score (nSPS) is 17.2. The largest absolute Gasteiger partial charge is 0.491 e. The fourth-order valence-corrected chi connectivity index (χ4v) is 6.77. The molecule has 0 saturated carbocycles. The summed E-state index contributed by atoms with van der Waals surface area (Å²) in [6.45, 7) is 9.77. The van der Waals surface area contributed by atoms with Crippen LogP contribution in [0.15, 0.2) is 54.0 Å². The maximum Gasteiger partial charge on any atom is 0.305 e. The Morgan fingerprint density at radius 2 is 1.76 bits per heavy atom. The molecule has 0 radical (unpaired) electrons. The number of benzene rings is 2. The summed E-state index contributed by atoms with van der Waals surface area (Å²) in [4.78, 5) is 58.7. The van der Waals surface area contributed by atoms with Crippen LogP contribution in [0.4, 0.5) is 0 Å². The molecule has 4 atom stereocenters. The Morgan fingerprint density at radius 1 is 1.06 bits per heavy atom. The summed E-state index contributed by atoms with van der Waals surface area (Å²) >= 11 is 1.58. The highest BCUT2D eigenvalue weighted by atomic mass is 32.1. The minimum absolute atomic E-state index is 0.0229. The lowest BCUT2D eigenvalue weighted by Crippen LogP contribution is -2.50. The Hall–Kier alpha value is -4.13. The first kappa shape index (κ1) is 38.7. The molecule has 11 nitrogen and oxygen atoms in total. The minimum atomic E-state index is -0.852. The first-order chi connectivity index (χ1) is 23.8. The summed E-state index contributed by atoms with van der Waals surface area (Å²) in [7, 11) is 1.37. The fraction of sp³-hybridized carbons (Fsp3) is 0.500. The van der Waals surface area contributed by atoms with Gasteiger partial charge in [-0.1, -0.05) is 57.2 Å². The van der Waals surface area contributed by atoms with Crippen LogP contribution in [0.5, 0.6) is 5.75 Å². The standard InChI is InChI=1S/C38H49N3O8S/c1-24(27-10-12-28(13-11-27)35-25(2)39-23-50-35)40-36(45)33-20-29(42)21-41(33)37(46)32(38(3,4)5)19-30(43)22-48-17-18-49-31-14-7-26(8-15-31)9-16-34(44)47-6/h7-8,10-15,23-24,29,32-33,42H,9,16-22H2,1-6H3,(H,40,45)/t24-,29+,32+,33-/m0/s1. The highest BCUT2D eigenvalue weighted by Crippen LogP contribution is 2.34. The summed E-state index contributed by atoms with van der Waals surface area (Å²) in [5.41, 5.74) is 5.16. The van der Waals surface area contributed by atoms with Gasteiger partial charge in [0.25, 0.3) is 0 Å². The molecule has 0 unspecified atom stereocenters. The molecule has 1 aliphatic heterocycles. The van der Waals surface area contributed by atoms with Gasteiger partial charge in [-0.2, -0.15) is 0 Å². The highest BCUT2D eigenvalue weighted by Gasteiger charge is 2.44. The van der Waals surface area contributed by atoms with Crippen molar-refractivity contribution >= 4 is 34.9 Å². The molecular formula is C38H49N3O8S. The lowest BCUT2D eigenvalue weighted by Gasteiger charge is -2.35. The van der Waals surface area contributed by atoms with Crippen molar-refractivity contribution in [2.24, 2.45) is 11.3 Å². The van der Waals surface area contributed by atoms with Gasteiger partial charge in [-0.15, -0.1) is 11.3 Å². The zero-order chi connectivity index (χ0) is 36.4. The molecule has 0 aliphatic carbocycles. The van der Waals surface area contributed by atoms with Crippen LogP contribution < -0.4 is 10.1 Å². The Balaban J connectivity index is 1.27. The Morgan fingerprint density at radius 3 is 2.38 bits per heavy atom. The van der Waals surface area contributed by atoms with Gasteiger partial charge in [-0.3, -0.25) is 19.2 Å². The van der Waals surface area contributed by atoms with Gasteiger partial charge in [-0.25, -0.2) is 4.98 Å². The number of methoxy groups -OCH3 is 1. The molecule has 1 aromatic heterocycles. The monoisotopic (exact) mass is 707 g/mol. The van der Waals surface area contributed by atoms with E-state index < -0.39 is 23.5 Å². The van der Waals surface area contributed by atoms with Crippen LogP contribution in [-0.2, 0) is 35.1 Å². The third kappa shape index (κ3) is 10.7. The molecule has 0 spiro atoms. The number of Topliss-reactive ketones (excluding diaryl/α,β-unsaturated/α-hetero) is 1. The number of aromatic nitrogens is 1. The van der Waals surface area contributed by atoms with Gasteiger partial charge in [0, 0.05) is 31.7 Å². The van der Waals surface area contributed by atoms with E-state index in [9.17, 15) is 24.3 Å². The molecule has 3 aromatic rings. The van der Waals surface area contributed by atoms with Gasteiger partial charge >= 0.3 is 5.97 Å². The van der Waals surface area contributed by atoms with E-state index in [1.54, 1.807) is 11.3 Å². The topological polar surface area (TPSA) is 144 Å². The maximum absolute atomic E-state index is 14.0. The van der Waals surface area contributed by atoms with Crippen molar-refractivity contribution in [3.63, 3.8) is 0 Å². The van der Waals surface area contributed by atoms with Crippen LogP contribution in [0, 0.1) is 18.3 Å². The van der Waals surface area contributed by atoms with Crippen LogP contribution in [0.25, 0.3) is 10.4 Å². The highest BCUT2D eigenvalue weighted by molar-refractivity contribution is 7.13. The number of amides is 2. The smallest absolute Gasteiger partial charge is 0.305 e. The van der Waals surface area contributed by atoms with Gasteiger partial charge < -0.3 is 29.5 Å². The molecule has 1 fully saturated rings. The Kier molecular flexibility index (Phi) is 13.7. The van der Waals surface area contributed by atoms with Crippen molar-refractivity contribution in [2.45, 2.75) is 78.5 Å². The van der Waals surface area contributed by atoms with Crippen LogP contribution in [-0.4, -0.2) is 84.2 Å². The number of thiazole rings is 1. The number of aliphatic hydroxyl groups is 1. The molecule has 2 N–H and O–H groups in total. The molecule has 0 bridgehead atoms. The van der Waals surface area contributed by atoms with Gasteiger partial charge in [0.15, 0.2) is 5.78 Å². The lowest BCUT2D eigenvalue weighted by atomic mass is 9.77. The number of aryl methyl sites for hydroxylation is 2. The predicted molar refractivity (Wildman–Crippen MR) is 191 cm³/mol. The van der Waals surface area contributed by atoms with Crippen molar-refractivity contribution < 1.29 is 38.5 Å². The summed E-state index contributed by atoms with van der Waals surface area (Å²) in [6.07, 6.45) is 0.103. The number of nitrogens with one attached hydrogen (secondary N) is 1. The zero-order valence-electron chi connectivity index (χ0n) is 29.8. The van der Waals surface area contributed by atoms with Crippen molar-refractivity contribution in [3.8, 4) is 16.2 Å². The predicted octanol–water partition coefficient (Wildman–Crippen LogP) is 5.08. The van der Waals surface area contributed by atoms with E-state index in [-0.39, 0.29) is 68.8 Å². The van der Waals surface area contributed by atoms with Crippen LogP contribution in [0.1, 0.15) is 69.8 Å². The SMILES string of the molecule is COC(=O)CCc1ccc(OCCOCC(=O)C[C@H](C(=O)N2C[C@H](O)C[C@H]2C(=O)N[C@@H](C)c2ccc(-c3scnc3C)cc2)C(C)(C)C)cc1. The second kappa shape index (κ2) is 17.7. The zero-order valence-corrected chi connectivity index (χ0v) is 30.6. The molecular weight excluding hydrogens is 658 g/mol. The van der Waals surface area contributed by atoms with E-state index >= 15 is 0 Å². The summed E-state index contributed by atoms with van der Waals surface area (Å²) < 4.78 is 15.9. The van der Waals surface area contributed by atoms with E-state index in [0.717, 1.165) is 27.3 Å². The molecule has 12 heteroatoms. The Bertz CT molecular complexity index is 1600. The molecule has 2 heterocycles. The average molecular weight is 708 g/mol. The number of hydrogen-bond acceptors (Lipinski definition) is 10. The second-order valence-electron chi connectivity index (χ2n) is 13.8. The number of β-amino-alcohol motifs (C(OH)–C–C–N with tert-alkyl or cyclic N) is 1. The third-order valence-electron chi connectivity index (χ3n) is 8.95. The number of ketones is 1.